The maximum absolute atomic E-state index is 5.52. The molecule has 0 aliphatic rings. The van der Waals surface area contributed by atoms with Gasteiger partial charge in [-0.1, -0.05) is 44.2 Å². The topological polar surface area (TPSA) is 107 Å². The van der Waals surface area contributed by atoms with Gasteiger partial charge in [-0.2, -0.15) is 5.10 Å². The largest absolute Gasteiger partial charge is 0.321 e. The first-order valence-electron chi connectivity index (χ1n) is 9.46. The summed E-state index contributed by atoms with van der Waals surface area (Å²) in [6.45, 7) is 5.99. The van der Waals surface area contributed by atoms with Crippen LogP contribution in [0.25, 0.3) is 28.0 Å². The van der Waals surface area contributed by atoms with E-state index in [-0.39, 0.29) is 0 Å². The molecule has 3 aromatic heterocycles. The first kappa shape index (κ1) is 20.0. The number of aryl methyl sites for hydroxylation is 1. The molecule has 0 unspecified atom stereocenters. The summed E-state index contributed by atoms with van der Waals surface area (Å²) in [7, 11) is 0. The number of hydrazine groups is 1. The van der Waals surface area contributed by atoms with Crippen LogP contribution in [-0.4, -0.2) is 20.2 Å². The number of fused-ring (bicyclic) bond motifs is 1. The van der Waals surface area contributed by atoms with Crippen molar-refractivity contribution in [1.82, 2.24) is 19.8 Å². The number of benzene rings is 1. The van der Waals surface area contributed by atoms with Gasteiger partial charge in [0.15, 0.2) is 5.84 Å². The summed E-state index contributed by atoms with van der Waals surface area (Å²) in [6.07, 6.45) is 3.67. The summed E-state index contributed by atoms with van der Waals surface area (Å²) < 4.78 is 1.90. The average molecular weight is 387 g/mol. The second-order valence-corrected chi connectivity index (χ2v) is 6.12. The lowest BCUT2D eigenvalue weighted by molar-refractivity contribution is 0.985. The van der Waals surface area contributed by atoms with Crippen molar-refractivity contribution in [1.29, 1.82) is 0 Å². The zero-order chi connectivity index (χ0) is 20.8. The van der Waals surface area contributed by atoms with Crippen molar-refractivity contribution in [2.24, 2.45) is 16.8 Å². The highest BCUT2D eigenvalue weighted by Gasteiger charge is 2.13. The molecule has 0 spiro atoms. The van der Waals surface area contributed by atoms with Gasteiger partial charge in [0.1, 0.15) is 11.3 Å². The molecule has 1 aromatic carbocycles. The van der Waals surface area contributed by atoms with Gasteiger partial charge in [0, 0.05) is 17.5 Å². The number of hydrazone groups is 1. The lowest BCUT2D eigenvalue weighted by Crippen LogP contribution is -2.33. The van der Waals surface area contributed by atoms with Crippen molar-refractivity contribution in [2.75, 3.05) is 0 Å². The Balaban J connectivity index is 0.00000117. The van der Waals surface area contributed by atoms with Gasteiger partial charge >= 0.3 is 0 Å². The fourth-order valence-electron chi connectivity index (χ4n) is 3.14. The van der Waals surface area contributed by atoms with Crippen molar-refractivity contribution in [2.45, 2.75) is 20.8 Å². The third kappa shape index (κ3) is 3.95. The van der Waals surface area contributed by atoms with Crippen molar-refractivity contribution in [3.8, 4) is 22.4 Å². The minimum Gasteiger partial charge on any atom is -0.321 e. The first-order valence-corrected chi connectivity index (χ1v) is 9.46. The van der Waals surface area contributed by atoms with E-state index in [9.17, 15) is 0 Å². The van der Waals surface area contributed by atoms with Crippen molar-refractivity contribution in [3.63, 3.8) is 0 Å². The van der Waals surface area contributed by atoms with Gasteiger partial charge in [0.05, 0.1) is 11.9 Å². The number of nitrogens with two attached hydrogens (primary N) is 2. The third-order valence-electron chi connectivity index (χ3n) is 4.42. The van der Waals surface area contributed by atoms with Crippen LogP contribution in [0.1, 0.15) is 25.2 Å². The lowest BCUT2D eigenvalue weighted by atomic mass is 9.98. The number of aromatic nitrogens is 3. The maximum atomic E-state index is 5.52. The summed E-state index contributed by atoms with van der Waals surface area (Å²) in [5, 5.41) is 3.69. The summed E-state index contributed by atoms with van der Waals surface area (Å²) in [5.74, 6) is 11.3. The molecule has 0 amide bonds. The first-order chi connectivity index (χ1) is 14.2. The van der Waals surface area contributed by atoms with Gasteiger partial charge in [0.2, 0.25) is 0 Å². The highest BCUT2D eigenvalue weighted by molar-refractivity contribution is 5.97. The molecule has 7 heteroatoms. The number of pyridine rings is 2. The monoisotopic (exact) mass is 387 g/mol. The van der Waals surface area contributed by atoms with Crippen LogP contribution in [0.3, 0.4) is 0 Å². The zero-order valence-corrected chi connectivity index (χ0v) is 16.8. The molecule has 5 N–H and O–H groups in total. The third-order valence-corrected chi connectivity index (χ3v) is 4.42. The van der Waals surface area contributed by atoms with Crippen LogP contribution in [0.15, 0.2) is 72.1 Å². The van der Waals surface area contributed by atoms with E-state index >= 15 is 0 Å². The molecule has 0 saturated carbocycles. The maximum Gasteiger partial charge on any atom is 0.185 e. The Morgan fingerprint density at radius 2 is 1.76 bits per heavy atom. The molecule has 3 heterocycles. The van der Waals surface area contributed by atoms with Crippen LogP contribution in [0.5, 0.6) is 0 Å². The quantitative estimate of drug-likeness (QED) is 0.216. The predicted molar refractivity (Wildman–Crippen MR) is 118 cm³/mol. The number of nitrogens with zero attached hydrogens (tertiary/aromatic N) is 4. The van der Waals surface area contributed by atoms with Crippen LogP contribution in [-0.2, 0) is 0 Å². The van der Waals surface area contributed by atoms with E-state index < -0.39 is 0 Å². The molecule has 7 nitrogen and oxygen atoms in total. The minimum atomic E-state index is 0.355. The number of imidazole rings is 1. The van der Waals surface area contributed by atoms with Gasteiger partial charge in [-0.05, 0) is 42.3 Å². The predicted octanol–water partition coefficient (Wildman–Crippen LogP) is 3.48. The Bertz CT molecular complexity index is 1140. The Morgan fingerprint density at radius 1 is 1.00 bits per heavy atom. The normalized spacial score (nSPS) is 11.1. The van der Waals surface area contributed by atoms with Gasteiger partial charge in [-0.15, -0.1) is 0 Å². The molecule has 148 valence electrons. The minimum absolute atomic E-state index is 0.355. The molecule has 0 aliphatic carbocycles. The molecule has 0 bridgehead atoms. The number of rotatable bonds is 3. The van der Waals surface area contributed by atoms with Gasteiger partial charge in [-0.3, -0.25) is 9.38 Å². The Labute approximate surface area is 170 Å². The van der Waals surface area contributed by atoms with Gasteiger partial charge < -0.3 is 11.3 Å². The number of amidine groups is 1. The molecular weight excluding hydrogens is 362 g/mol. The molecule has 0 aliphatic heterocycles. The zero-order valence-electron chi connectivity index (χ0n) is 16.8. The van der Waals surface area contributed by atoms with Crippen LogP contribution >= 0.6 is 0 Å². The van der Waals surface area contributed by atoms with E-state index in [0.717, 1.165) is 33.7 Å². The Hall–Kier alpha value is -3.71. The number of hydrogen-bond donors (Lipinski definition) is 3. The molecule has 4 rings (SSSR count). The summed E-state index contributed by atoms with van der Waals surface area (Å²) in [4.78, 5) is 9.05. The smallest absolute Gasteiger partial charge is 0.185 e. The van der Waals surface area contributed by atoms with E-state index in [2.05, 4.69) is 32.6 Å². The Kier molecular flexibility index (Phi) is 6.21. The highest BCUT2D eigenvalue weighted by Crippen LogP contribution is 2.31. The molecule has 0 fully saturated rings. The van der Waals surface area contributed by atoms with Crippen LogP contribution in [0.4, 0.5) is 0 Å². The van der Waals surface area contributed by atoms with Gasteiger partial charge in [-0.25, -0.2) is 10.8 Å². The van der Waals surface area contributed by atoms with Crippen LogP contribution < -0.4 is 17.1 Å². The second-order valence-electron chi connectivity index (χ2n) is 6.12. The van der Waals surface area contributed by atoms with Crippen molar-refractivity contribution < 1.29 is 0 Å². The molecule has 29 heavy (non-hydrogen) atoms. The van der Waals surface area contributed by atoms with Crippen LogP contribution in [0.2, 0.25) is 0 Å². The summed E-state index contributed by atoms with van der Waals surface area (Å²) in [5.41, 5.74) is 9.03. The molecule has 4 aromatic rings. The highest BCUT2D eigenvalue weighted by atomic mass is 15.3. The van der Waals surface area contributed by atoms with E-state index in [1.54, 1.807) is 6.20 Å². The average Bonchev–Trinajstić information content (AvgIpc) is 3.19. The second kappa shape index (κ2) is 8.99. The number of hydrogen-bond acceptors (Lipinski definition) is 5. The SMILES string of the molecule is CC.Cc1cccc(-c2ccccc2-c2ccc3ncc(/C(=N/N)NN)n3c2)n1. The van der Waals surface area contributed by atoms with E-state index in [1.165, 1.54) is 0 Å². The van der Waals surface area contributed by atoms with Crippen molar-refractivity contribution in [3.05, 3.63) is 78.4 Å². The van der Waals surface area contributed by atoms with E-state index in [1.807, 2.05) is 73.8 Å². The number of nitrogens with one attached hydrogen (secondary N) is 1. The molecule has 0 saturated heterocycles. The van der Waals surface area contributed by atoms with Gasteiger partial charge in [0.25, 0.3) is 0 Å². The molecule has 0 atom stereocenters. The lowest BCUT2D eigenvalue weighted by Gasteiger charge is -2.11. The molecule has 0 radical (unpaired) electrons. The summed E-state index contributed by atoms with van der Waals surface area (Å²) >= 11 is 0. The fraction of sp³-hybridized carbons (Fsp3) is 0.136. The fourth-order valence-corrected chi connectivity index (χ4v) is 3.14. The molecular formula is C22H25N7. The standard InChI is InChI=1S/C20H19N7.C2H6/c1-13-5-4-8-17(24-13)16-7-3-2-6-15(16)14-9-10-19-23-11-18(27(19)12-14)20(25-21)26-22;1-2/h2-12H,21-22H2,1H3,(H,25,26);1-2H3. The van der Waals surface area contributed by atoms with Crippen LogP contribution in [0, 0.1) is 6.92 Å². The van der Waals surface area contributed by atoms with E-state index in [4.69, 9.17) is 11.7 Å². The van der Waals surface area contributed by atoms with Crippen molar-refractivity contribution >= 4 is 11.5 Å². The van der Waals surface area contributed by atoms with E-state index in [0.29, 0.717) is 11.5 Å². The summed E-state index contributed by atoms with van der Waals surface area (Å²) in [6, 6.07) is 18.2. The Morgan fingerprint density at radius 3 is 2.45 bits per heavy atom.